The lowest BCUT2D eigenvalue weighted by atomic mass is 10.2. The van der Waals surface area contributed by atoms with Crippen LogP contribution < -0.4 is 5.32 Å². The third kappa shape index (κ3) is 3.33. The average Bonchev–Trinajstić information content (AvgIpc) is 3.13. The molecule has 3 rings (SSSR count). The molecule has 0 aliphatic heterocycles. The lowest BCUT2D eigenvalue weighted by Gasteiger charge is -2.10. The molecule has 3 aromatic rings. The van der Waals surface area contributed by atoms with Gasteiger partial charge in [-0.1, -0.05) is 17.8 Å². The number of carbonyl (C=O) groups excluding carboxylic acids is 1. The highest BCUT2D eigenvalue weighted by Crippen LogP contribution is 2.20. The van der Waals surface area contributed by atoms with Gasteiger partial charge >= 0.3 is 0 Å². The topological polar surface area (TPSA) is 70.9 Å². The molecule has 0 aliphatic rings. The number of amides is 1. The van der Waals surface area contributed by atoms with E-state index in [-0.39, 0.29) is 11.9 Å². The summed E-state index contributed by atoms with van der Waals surface area (Å²) in [6, 6.07) is 9.56. The first kappa shape index (κ1) is 14.7. The van der Waals surface area contributed by atoms with Crippen LogP contribution in [0.15, 0.2) is 46.2 Å². The van der Waals surface area contributed by atoms with Crippen LogP contribution >= 0.6 is 11.8 Å². The molecule has 1 amide bonds. The monoisotopic (exact) mass is 315 g/mol. The average molecular weight is 315 g/mol. The van der Waals surface area contributed by atoms with Crippen LogP contribution in [-0.4, -0.2) is 21.6 Å². The number of nitrogens with one attached hydrogen (secondary N) is 2. The van der Waals surface area contributed by atoms with E-state index in [1.807, 2.05) is 44.2 Å². The molecule has 1 aromatic carbocycles. The van der Waals surface area contributed by atoms with Gasteiger partial charge < -0.3 is 14.7 Å². The Labute approximate surface area is 132 Å². The van der Waals surface area contributed by atoms with Crippen LogP contribution in [0.2, 0.25) is 0 Å². The Morgan fingerprint density at radius 3 is 3.09 bits per heavy atom. The number of hydrogen-bond donors (Lipinski definition) is 2. The number of H-pyrrole nitrogens is 1. The molecule has 0 spiro atoms. The minimum Gasteiger partial charge on any atom is -0.467 e. The number of imidazole rings is 1. The fraction of sp³-hybridized carbons (Fsp3) is 0.250. The second-order valence-corrected chi connectivity index (χ2v) is 6.12. The van der Waals surface area contributed by atoms with Crippen molar-refractivity contribution in [3.63, 3.8) is 0 Å². The van der Waals surface area contributed by atoms with Crippen molar-refractivity contribution in [2.75, 3.05) is 5.75 Å². The number of hydrogen-bond acceptors (Lipinski definition) is 4. The van der Waals surface area contributed by atoms with Crippen molar-refractivity contribution in [3.05, 3.63) is 47.9 Å². The number of carbonyl (C=O) groups is 1. The molecule has 0 radical (unpaired) electrons. The van der Waals surface area contributed by atoms with Crippen LogP contribution in [-0.2, 0) is 4.79 Å². The van der Waals surface area contributed by atoms with E-state index in [4.69, 9.17) is 4.42 Å². The van der Waals surface area contributed by atoms with Crippen LogP contribution in [0.4, 0.5) is 0 Å². The van der Waals surface area contributed by atoms with Crippen LogP contribution in [0.25, 0.3) is 11.0 Å². The van der Waals surface area contributed by atoms with Crippen molar-refractivity contribution in [2.45, 2.75) is 25.0 Å². The number of aromatic amines is 1. The first-order valence-corrected chi connectivity index (χ1v) is 8.02. The first-order chi connectivity index (χ1) is 10.6. The summed E-state index contributed by atoms with van der Waals surface area (Å²) in [4.78, 5) is 19.7. The summed E-state index contributed by atoms with van der Waals surface area (Å²) in [5, 5.41) is 3.65. The van der Waals surface area contributed by atoms with E-state index < -0.39 is 0 Å². The van der Waals surface area contributed by atoms with E-state index in [1.54, 1.807) is 6.26 Å². The van der Waals surface area contributed by atoms with Gasteiger partial charge in [0.15, 0.2) is 5.16 Å². The van der Waals surface area contributed by atoms with E-state index in [9.17, 15) is 4.79 Å². The number of furan rings is 1. The zero-order valence-electron chi connectivity index (χ0n) is 12.4. The summed E-state index contributed by atoms with van der Waals surface area (Å²) in [5.74, 6) is 1.01. The lowest BCUT2D eigenvalue weighted by Crippen LogP contribution is -2.27. The molecular weight excluding hydrogens is 298 g/mol. The fourth-order valence-electron chi connectivity index (χ4n) is 2.19. The number of aromatic nitrogens is 2. The third-order valence-corrected chi connectivity index (χ3v) is 4.18. The summed E-state index contributed by atoms with van der Waals surface area (Å²) in [5.41, 5.74) is 3.09. The van der Waals surface area contributed by atoms with E-state index in [0.29, 0.717) is 5.75 Å². The highest BCUT2D eigenvalue weighted by atomic mass is 32.2. The van der Waals surface area contributed by atoms with Gasteiger partial charge in [-0.2, -0.15) is 0 Å². The van der Waals surface area contributed by atoms with Crippen LogP contribution in [0.5, 0.6) is 0 Å². The minimum atomic E-state index is -0.138. The molecule has 114 valence electrons. The summed E-state index contributed by atoms with van der Waals surface area (Å²) in [7, 11) is 0. The van der Waals surface area contributed by atoms with Crippen LogP contribution in [0.1, 0.15) is 24.3 Å². The molecule has 0 fully saturated rings. The number of thioether (sulfide) groups is 1. The first-order valence-electron chi connectivity index (χ1n) is 7.04. The quantitative estimate of drug-likeness (QED) is 0.708. The molecule has 22 heavy (non-hydrogen) atoms. The second kappa shape index (κ2) is 6.27. The zero-order chi connectivity index (χ0) is 15.5. The Morgan fingerprint density at radius 2 is 2.32 bits per heavy atom. The van der Waals surface area contributed by atoms with Gasteiger partial charge in [0.1, 0.15) is 5.76 Å². The van der Waals surface area contributed by atoms with Crippen molar-refractivity contribution in [3.8, 4) is 0 Å². The van der Waals surface area contributed by atoms with E-state index in [2.05, 4.69) is 15.3 Å². The minimum absolute atomic E-state index is 0.0504. The van der Waals surface area contributed by atoms with Gasteiger partial charge in [-0.25, -0.2) is 4.98 Å². The van der Waals surface area contributed by atoms with Crippen molar-refractivity contribution in [2.24, 2.45) is 0 Å². The lowest BCUT2D eigenvalue weighted by molar-refractivity contribution is -0.119. The molecule has 2 N–H and O–H groups in total. The molecule has 5 nitrogen and oxygen atoms in total. The largest absolute Gasteiger partial charge is 0.467 e. The summed E-state index contributed by atoms with van der Waals surface area (Å²) in [6.45, 7) is 3.93. The van der Waals surface area contributed by atoms with Gasteiger partial charge in [0.25, 0.3) is 0 Å². The molecule has 2 aromatic heterocycles. The fourth-order valence-corrected chi connectivity index (χ4v) is 2.89. The number of rotatable bonds is 5. The molecule has 0 saturated carbocycles. The van der Waals surface area contributed by atoms with E-state index in [0.717, 1.165) is 22.0 Å². The predicted octanol–water partition coefficient (Wildman–Crippen LogP) is 3.43. The van der Waals surface area contributed by atoms with Gasteiger partial charge in [0.05, 0.1) is 29.1 Å². The summed E-state index contributed by atoms with van der Waals surface area (Å²) < 4.78 is 5.27. The Kier molecular flexibility index (Phi) is 4.20. The highest BCUT2D eigenvalue weighted by Gasteiger charge is 2.13. The van der Waals surface area contributed by atoms with Crippen LogP contribution in [0, 0.1) is 6.92 Å². The zero-order valence-corrected chi connectivity index (χ0v) is 13.2. The molecule has 0 saturated heterocycles. The van der Waals surface area contributed by atoms with Crippen molar-refractivity contribution in [1.29, 1.82) is 0 Å². The number of aryl methyl sites for hydroxylation is 1. The molecule has 0 aliphatic carbocycles. The van der Waals surface area contributed by atoms with Crippen molar-refractivity contribution in [1.82, 2.24) is 15.3 Å². The van der Waals surface area contributed by atoms with E-state index >= 15 is 0 Å². The number of fused-ring (bicyclic) bond motifs is 1. The van der Waals surface area contributed by atoms with E-state index in [1.165, 1.54) is 17.3 Å². The Hall–Kier alpha value is -2.21. The summed E-state index contributed by atoms with van der Waals surface area (Å²) in [6.07, 6.45) is 1.60. The maximum absolute atomic E-state index is 12.0. The number of nitrogens with zero attached hydrogens (tertiary/aromatic N) is 1. The maximum Gasteiger partial charge on any atom is 0.231 e. The molecule has 1 atom stereocenters. The summed E-state index contributed by atoms with van der Waals surface area (Å²) >= 11 is 1.39. The molecule has 0 bridgehead atoms. The van der Waals surface area contributed by atoms with Crippen molar-refractivity contribution >= 4 is 28.7 Å². The Bertz CT molecular complexity index is 780. The molecular formula is C16H17N3O2S. The van der Waals surface area contributed by atoms with Gasteiger partial charge in [0.2, 0.25) is 5.91 Å². The molecule has 6 heteroatoms. The van der Waals surface area contributed by atoms with Gasteiger partial charge in [-0.15, -0.1) is 0 Å². The molecule has 0 unspecified atom stereocenters. The second-order valence-electron chi connectivity index (χ2n) is 5.16. The smallest absolute Gasteiger partial charge is 0.231 e. The standard InChI is InChI=1S/C16H17N3O2S/c1-10-5-6-12-13(8-10)19-16(18-12)22-9-15(20)17-11(2)14-4-3-7-21-14/h3-8,11H,9H2,1-2H3,(H,17,20)(H,18,19)/t11-/m1/s1. The predicted molar refractivity (Wildman–Crippen MR) is 86.8 cm³/mol. The van der Waals surface area contributed by atoms with Crippen molar-refractivity contribution < 1.29 is 9.21 Å². The van der Waals surface area contributed by atoms with Gasteiger partial charge in [-0.3, -0.25) is 4.79 Å². The third-order valence-electron chi connectivity index (χ3n) is 3.30. The van der Waals surface area contributed by atoms with Gasteiger partial charge in [0, 0.05) is 0 Å². The Morgan fingerprint density at radius 1 is 1.45 bits per heavy atom. The van der Waals surface area contributed by atoms with Gasteiger partial charge in [-0.05, 0) is 43.7 Å². The maximum atomic E-state index is 12.0. The molecule has 2 heterocycles. The number of benzene rings is 1. The highest BCUT2D eigenvalue weighted by molar-refractivity contribution is 7.99. The van der Waals surface area contributed by atoms with Crippen LogP contribution in [0.3, 0.4) is 0 Å². The SMILES string of the molecule is Cc1ccc2nc(SCC(=O)N[C@H](C)c3ccco3)[nH]c2c1. The Balaban J connectivity index is 1.58. The normalized spacial score (nSPS) is 12.5.